The Labute approximate surface area is 171 Å². The van der Waals surface area contributed by atoms with E-state index < -0.39 is 32.0 Å². The molecule has 3 N–H and O–H groups in total. The third-order valence-corrected chi connectivity index (χ3v) is 7.52. The molecular weight excluding hydrogens is 414 g/mol. The molecule has 0 aliphatic rings. The Balaban J connectivity index is 2.21. The van der Waals surface area contributed by atoms with Crippen LogP contribution >= 0.6 is 0 Å². The summed E-state index contributed by atoms with van der Waals surface area (Å²) in [7, 11) is -6.01. The number of nitrogens with zero attached hydrogens (tertiary/aromatic N) is 1. The molecule has 0 saturated heterocycles. The number of primary sulfonamides is 1. The lowest BCUT2D eigenvalue weighted by Gasteiger charge is -2.21. The van der Waals surface area contributed by atoms with Crippen LogP contribution in [0.5, 0.6) is 0 Å². The fourth-order valence-electron chi connectivity index (χ4n) is 2.55. The lowest BCUT2D eigenvalue weighted by Crippen LogP contribution is -2.33. The fourth-order valence-corrected chi connectivity index (χ4v) is 4.48. The van der Waals surface area contributed by atoms with Crippen molar-refractivity contribution in [1.82, 2.24) is 9.62 Å². The van der Waals surface area contributed by atoms with Gasteiger partial charge < -0.3 is 5.32 Å². The molecule has 0 saturated carbocycles. The molecule has 29 heavy (non-hydrogen) atoms. The van der Waals surface area contributed by atoms with Crippen LogP contribution in [0.3, 0.4) is 0 Å². The van der Waals surface area contributed by atoms with Gasteiger partial charge >= 0.3 is 0 Å². The standard InChI is InChI=1S/C19H25N3O5S2/c1-13(2)22(4)29(26,27)18-7-5-6-16(12-18)19(23)21-14(3)15-8-10-17(11-9-15)28(20,24)25/h5-14H,1-4H3,(H,21,23)(H2,20,24,25). The first kappa shape index (κ1) is 23.0. The molecule has 1 amide bonds. The molecule has 0 bridgehead atoms. The number of hydrogen-bond donors (Lipinski definition) is 2. The Bertz CT molecular complexity index is 1090. The first-order valence-electron chi connectivity index (χ1n) is 8.85. The summed E-state index contributed by atoms with van der Waals surface area (Å²) in [6.07, 6.45) is 0. The quantitative estimate of drug-likeness (QED) is 0.681. The van der Waals surface area contributed by atoms with E-state index in [1.807, 2.05) is 0 Å². The van der Waals surface area contributed by atoms with E-state index in [9.17, 15) is 21.6 Å². The van der Waals surface area contributed by atoms with Gasteiger partial charge in [-0.1, -0.05) is 18.2 Å². The number of benzene rings is 2. The third kappa shape index (κ3) is 5.41. The van der Waals surface area contributed by atoms with Gasteiger partial charge in [0, 0.05) is 18.7 Å². The predicted octanol–water partition coefficient (Wildman–Crippen LogP) is 1.85. The first-order chi connectivity index (χ1) is 13.3. The lowest BCUT2D eigenvalue weighted by molar-refractivity contribution is 0.0939. The van der Waals surface area contributed by atoms with E-state index >= 15 is 0 Å². The van der Waals surface area contributed by atoms with Crippen LogP contribution < -0.4 is 10.5 Å². The highest BCUT2D eigenvalue weighted by Crippen LogP contribution is 2.19. The monoisotopic (exact) mass is 439 g/mol. The van der Waals surface area contributed by atoms with Crippen molar-refractivity contribution in [1.29, 1.82) is 0 Å². The zero-order valence-electron chi connectivity index (χ0n) is 16.7. The Morgan fingerprint density at radius 1 is 0.966 bits per heavy atom. The van der Waals surface area contributed by atoms with E-state index in [2.05, 4.69) is 5.32 Å². The number of carbonyl (C=O) groups excluding carboxylic acids is 1. The second-order valence-electron chi connectivity index (χ2n) is 6.95. The molecule has 0 fully saturated rings. The largest absolute Gasteiger partial charge is 0.346 e. The molecule has 0 spiro atoms. The SMILES string of the molecule is CC(NC(=O)c1cccc(S(=O)(=O)N(C)C(C)C)c1)c1ccc(S(N)(=O)=O)cc1. The maximum atomic E-state index is 12.6. The van der Waals surface area contributed by atoms with E-state index in [-0.39, 0.29) is 21.4 Å². The van der Waals surface area contributed by atoms with Gasteiger partial charge in [-0.05, 0) is 56.7 Å². The maximum Gasteiger partial charge on any atom is 0.251 e. The van der Waals surface area contributed by atoms with Crippen molar-refractivity contribution in [3.63, 3.8) is 0 Å². The molecule has 0 radical (unpaired) electrons. The van der Waals surface area contributed by atoms with Crippen molar-refractivity contribution in [3.8, 4) is 0 Å². The Morgan fingerprint density at radius 2 is 1.55 bits per heavy atom. The van der Waals surface area contributed by atoms with Gasteiger partial charge in [0.25, 0.3) is 5.91 Å². The molecule has 2 aromatic rings. The lowest BCUT2D eigenvalue weighted by atomic mass is 10.1. The molecule has 1 atom stereocenters. The van der Waals surface area contributed by atoms with Gasteiger partial charge in [0.2, 0.25) is 20.0 Å². The van der Waals surface area contributed by atoms with Gasteiger partial charge in [0.1, 0.15) is 0 Å². The summed E-state index contributed by atoms with van der Waals surface area (Å²) in [5, 5.41) is 7.85. The molecule has 0 aliphatic carbocycles. The molecule has 1 unspecified atom stereocenters. The van der Waals surface area contributed by atoms with E-state index in [1.54, 1.807) is 32.9 Å². The number of carbonyl (C=O) groups is 1. The van der Waals surface area contributed by atoms with Crippen molar-refractivity contribution in [3.05, 3.63) is 59.7 Å². The summed E-state index contributed by atoms with van der Waals surface area (Å²) in [4.78, 5) is 12.6. The predicted molar refractivity (Wildman–Crippen MR) is 110 cm³/mol. The highest BCUT2D eigenvalue weighted by molar-refractivity contribution is 7.89. The van der Waals surface area contributed by atoms with Gasteiger partial charge in [-0.15, -0.1) is 0 Å². The van der Waals surface area contributed by atoms with Crippen LogP contribution in [0, 0.1) is 0 Å². The summed E-state index contributed by atoms with van der Waals surface area (Å²) in [6, 6.07) is 11.0. The van der Waals surface area contributed by atoms with Crippen LogP contribution in [0.4, 0.5) is 0 Å². The van der Waals surface area contributed by atoms with Crippen LogP contribution in [0.1, 0.15) is 42.7 Å². The molecule has 0 heterocycles. The Morgan fingerprint density at radius 3 is 2.07 bits per heavy atom. The number of nitrogens with one attached hydrogen (secondary N) is 1. The number of nitrogens with two attached hydrogens (primary N) is 1. The smallest absolute Gasteiger partial charge is 0.251 e. The number of sulfonamides is 2. The van der Waals surface area contributed by atoms with Gasteiger partial charge in [-0.25, -0.2) is 22.0 Å². The van der Waals surface area contributed by atoms with E-state index in [4.69, 9.17) is 5.14 Å². The van der Waals surface area contributed by atoms with Gasteiger partial charge in [-0.3, -0.25) is 4.79 Å². The molecule has 2 aromatic carbocycles. The summed E-state index contributed by atoms with van der Waals surface area (Å²) >= 11 is 0. The van der Waals surface area contributed by atoms with Crippen LogP contribution in [-0.2, 0) is 20.0 Å². The van der Waals surface area contributed by atoms with Crippen molar-refractivity contribution < 1.29 is 21.6 Å². The Hall–Kier alpha value is -2.27. The normalized spacial score (nSPS) is 13.5. The summed E-state index contributed by atoms with van der Waals surface area (Å²) in [6.45, 7) is 5.25. The second-order valence-corrected chi connectivity index (χ2v) is 10.5. The molecule has 158 valence electrons. The van der Waals surface area contributed by atoms with Crippen molar-refractivity contribution in [2.75, 3.05) is 7.05 Å². The second kappa shape index (κ2) is 8.62. The zero-order chi connectivity index (χ0) is 22.0. The minimum Gasteiger partial charge on any atom is -0.346 e. The highest BCUT2D eigenvalue weighted by Gasteiger charge is 2.24. The topological polar surface area (TPSA) is 127 Å². The number of amides is 1. The highest BCUT2D eigenvalue weighted by atomic mass is 32.2. The number of rotatable bonds is 7. The van der Waals surface area contributed by atoms with Crippen LogP contribution in [-0.4, -0.2) is 40.1 Å². The molecule has 0 aliphatic heterocycles. The third-order valence-electron chi connectivity index (χ3n) is 4.56. The average molecular weight is 440 g/mol. The average Bonchev–Trinajstić information content (AvgIpc) is 2.66. The van der Waals surface area contributed by atoms with Gasteiger partial charge in [0.15, 0.2) is 0 Å². The maximum absolute atomic E-state index is 12.6. The summed E-state index contributed by atoms with van der Waals surface area (Å²) in [5.41, 5.74) is 0.880. The Kier molecular flexibility index (Phi) is 6.84. The first-order valence-corrected chi connectivity index (χ1v) is 11.8. The molecule has 8 nitrogen and oxygen atoms in total. The van der Waals surface area contributed by atoms with E-state index in [0.29, 0.717) is 5.56 Å². The van der Waals surface area contributed by atoms with E-state index in [0.717, 1.165) is 0 Å². The van der Waals surface area contributed by atoms with E-state index in [1.165, 1.54) is 47.8 Å². The number of hydrogen-bond acceptors (Lipinski definition) is 5. The van der Waals surface area contributed by atoms with Crippen molar-refractivity contribution >= 4 is 26.0 Å². The minimum absolute atomic E-state index is 0.0213. The molecule has 0 aromatic heterocycles. The minimum atomic E-state index is -3.79. The summed E-state index contributed by atoms with van der Waals surface area (Å²) < 4.78 is 49.2. The molecular formula is C19H25N3O5S2. The van der Waals surface area contributed by atoms with Gasteiger partial charge in [-0.2, -0.15) is 4.31 Å². The molecule has 2 rings (SSSR count). The van der Waals surface area contributed by atoms with Crippen molar-refractivity contribution in [2.24, 2.45) is 5.14 Å². The molecule has 10 heteroatoms. The summed E-state index contributed by atoms with van der Waals surface area (Å²) in [5.74, 6) is -0.447. The zero-order valence-corrected chi connectivity index (χ0v) is 18.3. The van der Waals surface area contributed by atoms with Crippen molar-refractivity contribution in [2.45, 2.75) is 42.6 Å². The van der Waals surface area contributed by atoms with Gasteiger partial charge in [0.05, 0.1) is 15.8 Å². The van der Waals surface area contributed by atoms with Crippen LogP contribution in [0.2, 0.25) is 0 Å². The van der Waals surface area contributed by atoms with Crippen LogP contribution in [0.25, 0.3) is 0 Å². The fraction of sp³-hybridized carbons (Fsp3) is 0.316. The van der Waals surface area contributed by atoms with Crippen LogP contribution in [0.15, 0.2) is 58.3 Å².